The predicted octanol–water partition coefficient (Wildman–Crippen LogP) is 4.77. The number of nitrogens with one attached hydrogen (secondary N) is 2. The zero-order valence-corrected chi connectivity index (χ0v) is 13.7. The maximum absolute atomic E-state index is 5.18. The summed E-state index contributed by atoms with van der Waals surface area (Å²) in [6, 6.07) is 16.5. The Labute approximate surface area is 133 Å². The summed E-state index contributed by atoms with van der Waals surface area (Å²) in [5.41, 5.74) is 3.54. The lowest BCUT2D eigenvalue weighted by molar-refractivity contribution is 0.414. The molecule has 0 aliphatic rings. The minimum atomic E-state index is 0.715. The molecule has 0 aromatic heterocycles. The molecule has 22 heavy (non-hydrogen) atoms. The van der Waals surface area contributed by atoms with E-state index >= 15 is 0 Å². The van der Waals surface area contributed by atoms with Crippen LogP contribution in [0.5, 0.6) is 5.75 Å². The molecule has 2 rings (SSSR count). The first kappa shape index (κ1) is 16.2. The van der Waals surface area contributed by atoms with E-state index in [0.29, 0.717) is 5.92 Å². The lowest BCUT2D eigenvalue weighted by Gasteiger charge is -2.15. The predicted molar refractivity (Wildman–Crippen MR) is 94.7 cm³/mol. The number of anilines is 2. The second-order valence-electron chi connectivity index (χ2n) is 5.86. The van der Waals surface area contributed by atoms with Gasteiger partial charge in [-0.15, -0.1) is 0 Å². The maximum Gasteiger partial charge on any atom is 0.118 e. The van der Waals surface area contributed by atoms with Crippen molar-refractivity contribution in [3.05, 3.63) is 54.1 Å². The first-order valence-electron chi connectivity index (χ1n) is 7.88. The lowest BCUT2D eigenvalue weighted by atomic mass is 10.1. The van der Waals surface area contributed by atoms with Crippen LogP contribution in [0, 0.1) is 5.92 Å². The van der Waals surface area contributed by atoms with Gasteiger partial charge in [0.05, 0.1) is 18.5 Å². The fourth-order valence-corrected chi connectivity index (χ4v) is 2.23. The molecule has 2 aromatic carbocycles. The molecule has 2 N–H and O–H groups in total. The van der Waals surface area contributed by atoms with Gasteiger partial charge in [-0.25, -0.2) is 0 Å². The van der Waals surface area contributed by atoms with Crippen LogP contribution in [-0.2, 0) is 6.54 Å². The van der Waals surface area contributed by atoms with Crippen LogP contribution < -0.4 is 15.4 Å². The van der Waals surface area contributed by atoms with E-state index in [0.717, 1.165) is 30.2 Å². The zero-order valence-electron chi connectivity index (χ0n) is 13.7. The molecule has 2 aromatic rings. The molecular weight excluding hydrogens is 272 g/mol. The van der Waals surface area contributed by atoms with Gasteiger partial charge < -0.3 is 15.4 Å². The molecule has 0 amide bonds. The first-order valence-corrected chi connectivity index (χ1v) is 7.88. The number of rotatable bonds is 8. The zero-order chi connectivity index (χ0) is 15.8. The van der Waals surface area contributed by atoms with E-state index in [1.165, 1.54) is 12.0 Å². The van der Waals surface area contributed by atoms with Gasteiger partial charge in [0, 0.05) is 13.1 Å². The smallest absolute Gasteiger partial charge is 0.118 e. The molecule has 0 atom stereocenters. The number of para-hydroxylation sites is 2. The Morgan fingerprint density at radius 1 is 0.909 bits per heavy atom. The summed E-state index contributed by atoms with van der Waals surface area (Å²) in [5, 5.41) is 7.02. The maximum atomic E-state index is 5.18. The highest BCUT2D eigenvalue weighted by atomic mass is 16.5. The molecule has 0 saturated heterocycles. The number of methoxy groups -OCH3 is 1. The molecule has 0 radical (unpaired) electrons. The van der Waals surface area contributed by atoms with Crippen LogP contribution in [0.15, 0.2) is 48.5 Å². The average molecular weight is 298 g/mol. The Bertz CT molecular complexity index is 564. The third kappa shape index (κ3) is 4.99. The number of hydrogen-bond acceptors (Lipinski definition) is 3. The quantitative estimate of drug-likeness (QED) is 0.737. The van der Waals surface area contributed by atoms with Crippen molar-refractivity contribution in [3.8, 4) is 5.75 Å². The average Bonchev–Trinajstić information content (AvgIpc) is 2.54. The second-order valence-corrected chi connectivity index (χ2v) is 5.86. The SMILES string of the molecule is COc1ccc(CNc2ccccc2NCCC(C)C)cc1. The first-order chi connectivity index (χ1) is 10.7. The van der Waals surface area contributed by atoms with Crippen molar-refractivity contribution in [1.82, 2.24) is 0 Å². The van der Waals surface area contributed by atoms with E-state index in [1.807, 2.05) is 12.1 Å². The van der Waals surface area contributed by atoms with Gasteiger partial charge in [0.2, 0.25) is 0 Å². The Hall–Kier alpha value is -2.16. The summed E-state index contributed by atoms with van der Waals surface area (Å²) >= 11 is 0. The number of ether oxygens (including phenoxy) is 1. The van der Waals surface area contributed by atoms with Gasteiger partial charge in [-0.1, -0.05) is 38.1 Å². The molecule has 0 heterocycles. The summed E-state index contributed by atoms with van der Waals surface area (Å²) in [6.07, 6.45) is 1.17. The fraction of sp³-hybridized carbons (Fsp3) is 0.368. The molecule has 3 heteroatoms. The summed E-state index contributed by atoms with van der Waals surface area (Å²) in [7, 11) is 1.69. The summed E-state index contributed by atoms with van der Waals surface area (Å²) in [5.74, 6) is 1.60. The summed E-state index contributed by atoms with van der Waals surface area (Å²) < 4.78 is 5.18. The van der Waals surface area contributed by atoms with Gasteiger partial charge >= 0.3 is 0 Å². The topological polar surface area (TPSA) is 33.3 Å². The van der Waals surface area contributed by atoms with Crippen molar-refractivity contribution >= 4 is 11.4 Å². The number of benzene rings is 2. The molecule has 0 fully saturated rings. The van der Waals surface area contributed by atoms with Crippen LogP contribution >= 0.6 is 0 Å². The van der Waals surface area contributed by atoms with Crippen molar-refractivity contribution in [2.45, 2.75) is 26.8 Å². The highest BCUT2D eigenvalue weighted by Gasteiger charge is 2.02. The molecule has 0 aliphatic carbocycles. The highest BCUT2D eigenvalue weighted by Crippen LogP contribution is 2.22. The van der Waals surface area contributed by atoms with Crippen molar-refractivity contribution in [3.63, 3.8) is 0 Å². The van der Waals surface area contributed by atoms with Gasteiger partial charge in [0.1, 0.15) is 5.75 Å². The standard InChI is InChI=1S/C19H26N2O/c1-15(2)12-13-20-18-6-4-5-7-19(18)21-14-16-8-10-17(22-3)11-9-16/h4-11,15,20-21H,12-14H2,1-3H3. The van der Waals surface area contributed by atoms with Gasteiger partial charge in [0.25, 0.3) is 0 Å². The monoisotopic (exact) mass is 298 g/mol. The van der Waals surface area contributed by atoms with E-state index < -0.39 is 0 Å². The van der Waals surface area contributed by atoms with Crippen LogP contribution in [0.4, 0.5) is 11.4 Å². The van der Waals surface area contributed by atoms with E-state index in [2.05, 4.69) is 60.9 Å². The lowest BCUT2D eigenvalue weighted by Crippen LogP contribution is -2.08. The second kappa shape index (κ2) is 8.32. The van der Waals surface area contributed by atoms with E-state index in [4.69, 9.17) is 4.74 Å². The molecule has 0 bridgehead atoms. The molecule has 118 valence electrons. The van der Waals surface area contributed by atoms with Crippen molar-refractivity contribution < 1.29 is 4.74 Å². The molecule has 0 aliphatic heterocycles. The molecule has 0 spiro atoms. The van der Waals surface area contributed by atoms with Gasteiger partial charge in [-0.2, -0.15) is 0 Å². The van der Waals surface area contributed by atoms with Gasteiger partial charge in [-0.3, -0.25) is 0 Å². The molecule has 0 unspecified atom stereocenters. The minimum absolute atomic E-state index is 0.715. The Morgan fingerprint density at radius 2 is 1.55 bits per heavy atom. The Balaban J connectivity index is 1.93. The van der Waals surface area contributed by atoms with E-state index in [1.54, 1.807) is 7.11 Å². The summed E-state index contributed by atoms with van der Waals surface area (Å²) in [6.45, 7) is 6.29. The fourth-order valence-electron chi connectivity index (χ4n) is 2.23. The molecule has 0 saturated carbocycles. The number of hydrogen-bond donors (Lipinski definition) is 2. The van der Waals surface area contributed by atoms with E-state index in [-0.39, 0.29) is 0 Å². The van der Waals surface area contributed by atoms with Crippen LogP contribution in [0.2, 0.25) is 0 Å². The van der Waals surface area contributed by atoms with Crippen molar-refractivity contribution in [2.75, 3.05) is 24.3 Å². The van der Waals surface area contributed by atoms with Crippen molar-refractivity contribution in [2.24, 2.45) is 5.92 Å². The van der Waals surface area contributed by atoms with Crippen molar-refractivity contribution in [1.29, 1.82) is 0 Å². The van der Waals surface area contributed by atoms with Crippen LogP contribution in [-0.4, -0.2) is 13.7 Å². The third-order valence-corrected chi connectivity index (χ3v) is 3.61. The van der Waals surface area contributed by atoms with Crippen LogP contribution in [0.3, 0.4) is 0 Å². The van der Waals surface area contributed by atoms with Gasteiger partial charge in [0.15, 0.2) is 0 Å². The van der Waals surface area contributed by atoms with Crippen LogP contribution in [0.1, 0.15) is 25.8 Å². The molecule has 3 nitrogen and oxygen atoms in total. The Morgan fingerprint density at radius 3 is 2.14 bits per heavy atom. The normalized spacial score (nSPS) is 10.5. The summed E-state index contributed by atoms with van der Waals surface area (Å²) in [4.78, 5) is 0. The van der Waals surface area contributed by atoms with E-state index in [9.17, 15) is 0 Å². The highest BCUT2D eigenvalue weighted by molar-refractivity contribution is 5.68. The van der Waals surface area contributed by atoms with Gasteiger partial charge in [-0.05, 0) is 42.2 Å². The largest absolute Gasteiger partial charge is 0.497 e. The minimum Gasteiger partial charge on any atom is -0.497 e. The third-order valence-electron chi connectivity index (χ3n) is 3.61. The Kier molecular flexibility index (Phi) is 6.13. The van der Waals surface area contributed by atoms with Crippen LogP contribution in [0.25, 0.3) is 0 Å². The molecular formula is C19H26N2O.